The minimum Gasteiger partial charge on any atom is -0.211 e. The second kappa shape index (κ2) is 7.67. The van der Waals surface area contributed by atoms with Crippen LogP contribution in [0.5, 0.6) is 0 Å². The van der Waals surface area contributed by atoms with Crippen LogP contribution < -0.4 is 0 Å². The Morgan fingerprint density at radius 2 is 1.47 bits per heavy atom. The van der Waals surface area contributed by atoms with Crippen LogP contribution in [0.3, 0.4) is 0 Å². The van der Waals surface area contributed by atoms with Crippen molar-refractivity contribution in [1.29, 1.82) is 5.26 Å². The van der Waals surface area contributed by atoms with Crippen LogP contribution in [0.25, 0.3) is 0 Å². The van der Waals surface area contributed by atoms with Crippen LogP contribution in [-0.4, -0.2) is 31.6 Å². The van der Waals surface area contributed by atoms with Crippen LogP contribution in [-0.2, 0) is 10.0 Å². The molecule has 0 spiro atoms. The van der Waals surface area contributed by atoms with E-state index in [0.717, 1.165) is 12.8 Å². The molecule has 0 aromatic rings. The normalized spacial score (nSPS) is 12.4. The zero-order chi connectivity index (χ0) is 13.5. The monoisotopic (exact) mass is 260 g/mol. The third-order valence-electron chi connectivity index (χ3n) is 2.55. The standard InChI is InChI=1S/C12H24N2O2S/c1-11(2)5-8-14(9-6-12(3)4)17(15,16)10-7-13/h11-12H,5-6,8-10H2,1-4H3. The van der Waals surface area contributed by atoms with Gasteiger partial charge in [-0.3, -0.25) is 0 Å². The van der Waals surface area contributed by atoms with Crippen molar-refractivity contribution in [3.8, 4) is 6.07 Å². The largest absolute Gasteiger partial charge is 0.227 e. The first-order valence-corrected chi connectivity index (χ1v) is 7.75. The van der Waals surface area contributed by atoms with E-state index in [-0.39, 0.29) is 0 Å². The predicted octanol–water partition coefficient (Wildman–Crippen LogP) is 2.23. The average molecular weight is 260 g/mol. The first-order chi connectivity index (χ1) is 7.79. The molecule has 0 radical (unpaired) electrons. The molecule has 100 valence electrons. The maximum absolute atomic E-state index is 11.9. The summed E-state index contributed by atoms with van der Waals surface area (Å²) in [6.07, 6.45) is 1.67. The smallest absolute Gasteiger partial charge is 0.211 e. The van der Waals surface area contributed by atoms with E-state index in [2.05, 4.69) is 27.7 Å². The molecule has 0 unspecified atom stereocenters. The molecule has 0 atom stereocenters. The number of rotatable bonds is 8. The summed E-state index contributed by atoms with van der Waals surface area (Å²) in [6, 6.07) is 1.73. The molecule has 0 aliphatic carbocycles. The Balaban J connectivity index is 4.55. The predicted molar refractivity (Wildman–Crippen MR) is 69.9 cm³/mol. The van der Waals surface area contributed by atoms with Gasteiger partial charge in [0, 0.05) is 13.1 Å². The zero-order valence-electron chi connectivity index (χ0n) is 11.3. The van der Waals surface area contributed by atoms with Gasteiger partial charge in [-0.15, -0.1) is 0 Å². The van der Waals surface area contributed by atoms with Crippen molar-refractivity contribution in [2.75, 3.05) is 18.8 Å². The summed E-state index contributed by atoms with van der Waals surface area (Å²) in [5, 5.41) is 8.55. The van der Waals surface area contributed by atoms with Gasteiger partial charge in [0.25, 0.3) is 0 Å². The maximum Gasteiger partial charge on any atom is 0.227 e. The van der Waals surface area contributed by atoms with Crippen molar-refractivity contribution in [3.63, 3.8) is 0 Å². The van der Waals surface area contributed by atoms with E-state index in [4.69, 9.17) is 5.26 Å². The third kappa shape index (κ3) is 7.35. The van der Waals surface area contributed by atoms with Crippen LogP contribution in [0.1, 0.15) is 40.5 Å². The summed E-state index contributed by atoms with van der Waals surface area (Å²) in [5.41, 5.74) is 0. The molecule has 0 aliphatic heterocycles. The lowest BCUT2D eigenvalue weighted by molar-refractivity contribution is 0.358. The van der Waals surface area contributed by atoms with Gasteiger partial charge in [-0.25, -0.2) is 12.7 Å². The number of hydrogen-bond donors (Lipinski definition) is 0. The Kier molecular flexibility index (Phi) is 7.40. The maximum atomic E-state index is 11.9. The highest BCUT2D eigenvalue weighted by atomic mass is 32.2. The highest BCUT2D eigenvalue weighted by molar-refractivity contribution is 7.89. The molecule has 0 amide bonds. The molecular formula is C12H24N2O2S. The van der Waals surface area contributed by atoms with Crippen LogP contribution >= 0.6 is 0 Å². The van der Waals surface area contributed by atoms with Crippen molar-refractivity contribution in [3.05, 3.63) is 0 Å². The van der Waals surface area contributed by atoms with Crippen molar-refractivity contribution >= 4 is 10.0 Å². The van der Waals surface area contributed by atoms with Gasteiger partial charge in [-0.2, -0.15) is 5.26 Å². The molecule has 5 heteroatoms. The van der Waals surface area contributed by atoms with Gasteiger partial charge in [0.05, 0.1) is 6.07 Å². The second-order valence-corrected chi connectivity index (χ2v) is 7.15. The van der Waals surface area contributed by atoms with E-state index in [1.165, 1.54) is 4.31 Å². The summed E-state index contributed by atoms with van der Waals surface area (Å²) in [6.45, 7) is 9.31. The van der Waals surface area contributed by atoms with Gasteiger partial charge in [-0.1, -0.05) is 27.7 Å². The highest BCUT2D eigenvalue weighted by Crippen LogP contribution is 2.11. The Morgan fingerprint density at radius 3 is 1.76 bits per heavy atom. The molecule has 4 nitrogen and oxygen atoms in total. The van der Waals surface area contributed by atoms with E-state index in [1.807, 2.05) is 0 Å². The van der Waals surface area contributed by atoms with Crippen LogP contribution in [0.15, 0.2) is 0 Å². The van der Waals surface area contributed by atoms with Crippen molar-refractivity contribution in [2.45, 2.75) is 40.5 Å². The molecular weight excluding hydrogens is 236 g/mol. The lowest BCUT2D eigenvalue weighted by Gasteiger charge is -2.22. The Labute approximate surface area is 106 Å². The summed E-state index contributed by atoms with van der Waals surface area (Å²) < 4.78 is 25.2. The summed E-state index contributed by atoms with van der Waals surface area (Å²) in [4.78, 5) is 0. The molecule has 17 heavy (non-hydrogen) atoms. The molecule has 0 bridgehead atoms. The number of hydrogen-bond acceptors (Lipinski definition) is 3. The molecule has 0 aliphatic rings. The Bertz CT molecular complexity index is 330. The van der Waals surface area contributed by atoms with Crippen LogP contribution in [0, 0.1) is 23.2 Å². The first kappa shape index (κ1) is 16.4. The van der Waals surface area contributed by atoms with Gasteiger partial charge in [0.15, 0.2) is 5.75 Å². The summed E-state index contributed by atoms with van der Waals surface area (Å²) in [5.74, 6) is 0.520. The fourth-order valence-corrected chi connectivity index (χ4v) is 2.48. The molecule has 0 rings (SSSR count). The summed E-state index contributed by atoms with van der Waals surface area (Å²) in [7, 11) is -3.39. The molecule has 0 aromatic carbocycles. The van der Waals surface area contributed by atoms with E-state index in [9.17, 15) is 8.42 Å². The Morgan fingerprint density at radius 1 is 1.06 bits per heavy atom. The van der Waals surface area contributed by atoms with Gasteiger partial charge in [0.1, 0.15) is 0 Å². The number of nitriles is 1. The average Bonchev–Trinajstić information content (AvgIpc) is 2.15. The minimum absolute atomic E-state index is 0.414. The minimum atomic E-state index is -3.39. The van der Waals surface area contributed by atoms with E-state index >= 15 is 0 Å². The quantitative estimate of drug-likeness (QED) is 0.672. The highest BCUT2D eigenvalue weighted by Gasteiger charge is 2.21. The van der Waals surface area contributed by atoms with Crippen molar-refractivity contribution in [2.24, 2.45) is 11.8 Å². The number of nitrogens with zero attached hydrogens (tertiary/aromatic N) is 2. The van der Waals surface area contributed by atoms with Gasteiger partial charge in [-0.05, 0) is 24.7 Å². The van der Waals surface area contributed by atoms with Crippen molar-refractivity contribution in [1.82, 2.24) is 4.31 Å². The Hall–Kier alpha value is -0.600. The lowest BCUT2D eigenvalue weighted by Crippen LogP contribution is -2.35. The molecule has 0 heterocycles. The van der Waals surface area contributed by atoms with E-state index < -0.39 is 15.8 Å². The summed E-state index contributed by atoms with van der Waals surface area (Å²) >= 11 is 0. The van der Waals surface area contributed by atoms with Gasteiger partial charge in [0.2, 0.25) is 10.0 Å². The molecule has 0 saturated carbocycles. The van der Waals surface area contributed by atoms with E-state index in [1.54, 1.807) is 6.07 Å². The fourth-order valence-electron chi connectivity index (χ4n) is 1.37. The fraction of sp³-hybridized carbons (Fsp3) is 0.917. The van der Waals surface area contributed by atoms with Crippen LogP contribution in [0.2, 0.25) is 0 Å². The zero-order valence-corrected chi connectivity index (χ0v) is 12.1. The van der Waals surface area contributed by atoms with Crippen molar-refractivity contribution < 1.29 is 8.42 Å². The van der Waals surface area contributed by atoms with Crippen LogP contribution in [0.4, 0.5) is 0 Å². The molecule has 0 fully saturated rings. The van der Waals surface area contributed by atoms with Gasteiger partial charge < -0.3 is 0 Å². The SMILES string of the molecule is CC(C)CCN(CCC(C)C)S(=O)(=O)CC#N. The topological polar surface area (TPSA) is 61.2 Å². The lowest BCUT2D eigenvalue weighted by atomic mass is 10.1. The molecule has 0 N–H and O–H groups in total. The third-order valence-corrected chi connectivity index (χ3v) is 4.20. The first-order valence-electron chi connectivity index (χ1n) is 6.14. The molecule has 0 aromatic heterocycles. The van der Waals surface area contributed by atoms with E-state index in [0.29, 0.717) is 24.9 Å². The number of sulfonamides is 1. The second-order valence-electron chi connectivity index (χ2n) is 5.18. The molecule has 0 saturated heterocycles. The van der Waals surface area contributed by atoms with Gasteiger partial charge >= 0.3 is 0 Å².